The molecule has 0 aliphatic rings. The van der Waals surface area contributed by atoms with Gasteiger partial charge in [-0.2, -0.15) is 5.10 Å². The first-order chi connectivity index (χ1) is 11.3. The Labute approximate surface area is 150 Å². The zero-order chi connectivity index (χ0) is 17.7. The van der Waals surface area contributed by atoms with Gasteiger partial charge in [0, 0.05) is 23.1 Å². The lowest BCUT2D eigenvalue weighted by atomic mass is 10.3. The number of sulfone groups is 1. The van der Waals surface area contributed by atoms with E-state index in [0.29, 0.717) is 10.7 Å². The number of anilines is 1. The van der Waals surface area contributed by atoms with E-state index in [-0.39, 0.29) is 15.7 Å². The number of hydrogen-bond acceptors (Lipinski definition) is 6. The smallest absolute Gasteiger partial charge is 0.186 e. The molecule has 0 unspecified atom stereocenters. The molecule has 2 aromatic rings. The quantitative estimate of drug-likeness (QED) is 0.368. The summed E-state index contributed by atoms with van der Waals surface area (Å²) >= 11 is 7.05. The van der Waals surface area contributed by atoms with Crippen molar-refractivity contribution in [2.24, 2.45) is 5.10 Å². The summed E-state index contributed by atoms with van der Waals surface area (Å²) in [6.45, 7) is 1.43. The molecule has 0 amide bonds. The van der Waals surface area contributed by atoms with E-state index in [1.807, 2.05) is 0 Å². The fourth-order valence-electron chi connectivity index (χ4n) is 1.68. The Bertz CT molecular complexity index is 861. The number of hydrazone groups is 1. The molecule has 0 fully saturated rings. The Morgan fingerprint density at radius 3 is 2.17 bits per heavy atom. The fraction of sp³-hybridized carbons (Fsp3) is 0.125. The second-order valence-electron chi connectivity index (χ2n) is 4.94. The van der Waals surface area contributed by atoms with E-state index in [2.05, 4.69) is 10.5 Å². The number of Topliss-reactive ketones (excluding diaryl/α,β-unsaturated/α-hetero) is 1. The molecule has 0 atom stereocenters. The number of nitrogens with zero attached hydrogens (tertiary/aromatic N) is 1. The number of benzene rings is 2. The van der Waals surface area contributed by atoms with Crippen molar-refractivity contribution >= 4 is 49.7 Å². The van der Waals surface area contributed by atoms with Crippen LogP contribution in [0.5, 0.6) is 0 Å². The van der Waals surface area contributed by atoms with Gasteiger partial charge in [-0.25, -0.2) is 8.42 Å². The van der Waals surface area contributed by atoms with Crippen molar-refractivity contribution in [1.82, 2.24) is 0 Å². The number of ketones is 1. The van der Waals surface area contributed by atoms with Gasteiger partial charge in [0.2, 0.25) is 0 Å². The molecule has 0 aromatic heterocycles. The maximum atomic E-state index is 11.7. The Balaban J connectivity index is 2.13. The highest BCUT2D eigenvalue weighted by Gasteiger charge is 2.09. The number of thioether (sulfide) groups is 1. The zero-order valence-corrected chi connectivity index (χ0v) is 15.4. The minimum Gasteiger partial charge on any atom is -0.292 e. The average Bonchev–Trinajstić information content (AvgIpc) is 2.52. The molecule has 0 radical (unpaired) electrons. The van der Waals surface area contributed by atoms with Gasteiger partial charge in [0.25, 0.3) is 0 Å². The summed E-state index contributed by atoms with van der Waals surface area (Å²) in [4.78, 5) is 12.8. The molecule has 0 heterocycles. The first kappa shape index (κ1) is 18.5. The molecule has 0 spiro atoms. The number of rotatable bonds is 5. The summed E-state index contributed by atoms with van der Waals surface area (Å²) in [5.74, 6) is -0.185. The maximum absolute atomic E-state index is 11.7. The van der Waals surface area contributed by atoms with Crippen molar-refractivity contribution in [3.8, 4) is 0 Å². The third kappa shape index (κ3) is 5.36. The first-order valence-corrected chi connectivity index (χ1v) is 9.92. The lowest BCUT2D eigenvalue weighted by molar-refractivity contribution is -0.110. The van der Waals surface area contributed by atoms with Crippen LogP contribution in [0.1, 0.15) is 6.92 Å². The largest absolute Gasteiger partial charge is 0.292 e. The maximum Gasteiger partial charge on any atom is 0.186 e. The normalized spacial score (nSPS) is 12.0. The molecular formula is C16H15ClN2O3S2. The van der Waals surface area contributed by atoms with Gasteiger partial charge in [-0.05, 0) is 48.5 Å². The summed E-state index contributed by atoms with van der Waals surface area (Å²) in [5, 5.41) is 5.00. The van der Waals surface area contributed by atoms with E-state index in [1.54, 1.807) is 36.4 Å². The minimum atomic E-state index is -3.24. The lowest BCUT2D eigenvalue weighted by Gasteiger charge is -2.06. The van der Waals surface area contributed by atoms with Crippen LogP contribution in [0, 0.1) is 0 Å². The van der Waals surface area contributed by atoms with Gasteiger partial charge in [-0.1, -0.05) is 23.4 Å². The van der Waals surface area contributed by atoms with E-state index in [9.17, 15) is 13.2 Å². The zero-order valence-electron chi connectivity index (χ0n) is 13.0. The second-order valence-corrected chi connectivity index (χ2v) is 8.45. The van der Waals surface area contributed by atoms with Gasteiger partial charge in [0.05, 0.1) is 10.6 Å². The van der Waals surface area contributed by atoms with Crippen LogP contribution in [0.4, 0.5) is 5.69 Å². The first-order valence-electron chi connectivity index (χ1n) is 6.84. The SMILES string of the molecule is CC(=O)C(=NNc1ccc(S(C)(=O)=O)cc1)Sc1ccc(Cl)cc1. The van der Waals surface area contributed by atoms with Gasteiger partial charge >= 0.3 is 0 Å². The summed E-state index contributed by atoms with van der Waals surface area (Å²) in [6.07, 6.45) is 1.14. The molecule has 8 heteroatoms. The molecule has 2 rings (SSSR count). The molecule has 0 saturated heterocycles. The molecule has 24 heavy (non-hydrogen) atoms. The Morgan fingerprint density at radius 1 is 1.08 bits per heavy atom. The van der Waals surface area contributed by atoms with Crippen LogP contribution in [-0.2, 0) is 14.6 Å². The topological polar surface area (TPSA) is 75.6 Å². The molecular weight excluding hydrogens is 368 g/mol. The number of halogens is 1. The van der Waals surface area contributed by atoms with Crippen LogP contribution in [0.2, 0.25) is 5.02 Å². The van der Waals surface area contributed by atoms with Crippen molar-refractivity contribution < 1.29 is 13.2 Å². The Morgan fingerprint density at radius 2 is 1.67 bits per heavy atom. The number of hydrogen-bond donors (Lipinski definition) is 1. The molecule has 0 aliphatic carbocycles. The molecule has 1 N–H and O–H groups in total. The number of carbonyl (C=O) groups is 1. The van der Waals surface area contributed by atoms with E-state index >= 15 is 0 Å². The highest BCUT2D eigenvalue weighted by molar-refractivity contribution is 8.15. The molecule has 0 bridgehead atoms. The van der Waals surface area contributed by atoms with E-state index in [4.69, 9.17) is 11.6 Å². The third-order valence-electron chi connectivity index (χ3n) is 2.90. The molecule has 0 aliphatic heterocycles. The molecule has 126 valence electrons. The van der Waals surface area contributed by atoms with Crippen LogP contribution in [0.25, 0.3) is 0 Å². The van der Waals surface area contributed by atoms with E-state index in [0.717, 1.165) is 11.2 Å². The van der Waals surface area contributed by atoms with Crippen LogP contribution in [-0.4, -0.2) is 25.5 Å². The van der Waals surface area contributed by atoms with Crippen molar-refractivity contribution in [3.05, 3.63) is 53.6 Å². The Hall–Kier alpha value is -1.83. The predicted octanol–water partition coefficient (Wildman–Crippen LogP) is 3.85. The van der Waals surface area contributed by atoms with E-state index < -0.39 is 9.84 Å². The van der Waals surface area contributed by atoms with Crippen molar-refractivity contribution in [2.45, 2.75) is 16.7 Å². The fourth-order valence-corrected chi connectivity index (χ4v) is 3.17. The number of carbonyl (C=O) groups excluding carboxylic acids is 1. The monoisotopic (exact) mass is 382 g/mol. The summed E-state index contributed by atoms with van der Waals surface area (Å²) in [6, 6.07) is 13.2. The van der Waals surface area contributed by atoms with E-state index in [1.165, 1.54) is 30.8 Å². The molecule has 0 saturated carbocycles. The molecule has 5 nitrogen and oxygen atoms in total. The highest BCUT2D eigenvalue weighted by atomic mass is 35.5. The predicted molar refractivity (Wildman–Crippen MR) is 98.6 cm³/mol. The highest BCUT2D eigenvalue weighted by Crippen LogP contribution is 2.22. The van der Waals surface area contributed by atoms with Crippen LogP contribution in [0.3, 0.4) is 0 Å². The number of nitrogens with one attached hydrogen (secondary N) is 1. The van der Waals surface area contributed by atoms with Gasteiger partial charge in [0.15, 0.2) is 20.7 Å². The summed E-state index contributed by atoms with van der Waals surface area (Å²) in [5.41, 5.74) is 3.34. The summed E-state index contributed by atoms with van der Waals surface area (Å²) < 4.78 is 22.8. The van der Waals surface area contributed by atoms with Crippen molar-refractivity contribution in [1.29, 1.82) is 0 Å². The van der Waals surface area contributed by atoms with Gasteiger partial charge in [-0.3, -0.25) is 10.2 Å². The third-order valence-corrected chi connectivity index (χ3v) is 5.36. The second kappa shape index (κ2) is 7.83. The van der Waals surface area contributed by atoms with Crippen LogP contribution in [0.15, 0.2) is 63.4 Å². The van der Waals surface area contributed by atoms with Gasteiger partial charge in [0.1, 0.15) is 0 Å². The standard InChI is InChI=1S/C16H15ClN2O3S2/c1-11(20)16(23-14-7-3-12(17)4-8-14)19-18-13-5-9-15(10-6-13)24(2,21)22/h3-10,18H,1-2H3. The Kier molecular flexibility index (Phi) is 6.04. The van der Waals surface area contributed by atoms with Crippen LogP contribution < -0.4 is 5.43 Å². The summed E-state index contributed by atoms with van der Waals surface area (Å²) in [7, 11) is -3.24. The van der Waals surface area contributed by atoms with Gasteiger partial charge in [-0.15, -0.1) is 0 Å². The minimum absolute atomic E-state index is 0.185. The average molecular weight is 383 g/mol. The lowest BCUT2D eigenvalue weighted by Crippen LogP contribution is -2.08. The van der Waals surface area contributed by atoms with Gasteiger partial charge < -0.3 is 0 Å². The van der Waals surface area contributed by atoms with Crippen molar-refractivity contribution in [2.75, 3.05) is 11.7 Å². The van der Waals surface area contributed by atoms with Crippen LogP contribution >= 0.6 is 23.4 Å². The molecule has 2 aromatic carbocycles. The van der Waals surface area contributed by atoms with Crippen molar-refractivity contribution in [3.63, 3.8) is 0 Å².